The maximum Gasteiger partial charge on any atom is 0.254 e. The maximum atomic E-state index is 13.0. The van der Waals surface area contributed by atoms with Crippen LogP contribution in [-0.2, 0) is 0 Å². The van der Waals surface area contributed by atoms with Gasteiger partial charge in [0.25, 0.3) is 5.91 Å². The van der Waals surface area contributed by atoms with Crippen molar-refractivity contribution in [3.8, 4) is 5.75 Å². The molecule has 0 aromatic heterocycles. The molecule has 2 aromatic rings. The summed E-state index contributed by atoms with van der Waals surface area (Å²) in [7, 11) is 1.96. The molecule has 2 fully saturated rings. The van der Waals surface area contributed by atoms with Crippen molar-refractivity contribution in [1.82, 2.24) is 15.1 Å². The van der Waals surface area contributed by atoms with Crippen molar-refractivity contribution in [2.24, 2.45) is 0 Å². The van der Waals surface area contributed by atoms with Gasteiger partial charge in [-0.15, -0.1) is 0 Å². The van der Waals surface area contributed by atoms with Crippen LogP contribution in [0.5, 0.6) is 5.75 Å². The Hall–Kier alpha value is -2.08. The van der Waals surface area contributed by atoms with Gasteiger partial charge in [0.05, 0.1) is 6.61 Å². The Morgan fingerprint density at radius 1 is 1.12 bits per heavy atom. The molecule has 2 saturated heterocycles. The molecule has 0 radical (unpaired) electrons. The van der Waals surface area contributed by atoms with Gasteiger partial charge < -0.3 is 15.0 Å². The van der Waals surface area contributed by atoms with Crippen LogP contribution >= 0.6 is 11.6 Å². The van der Waals surface area contributed by atoms with Gasteiger partial charge in [-0.3, -0.25) is 9.69 Å². The van der Waals surface area contributed by atoms with Crippen molar-refractivity contribution in [1.29, 1.82) is 0 Å². The molecule has 1 unspecified atom stereocenters. The summed E-state index contributed by atoms with van der Waals surface area (Å²) in [5, 5.41) is 3.81. The number of ether oxygens (including phenoxy) is 1. The molecule has 0 spiro atoms. The van der Waals surface area contributed by atoms with Crippen LogP contribution in [0.3, 0.4) is 0 Å². The number of amides is 1. The third kappa shape index (κ3) is 4.52. The smallest absolute Gasteiger partial charge is 0.254 e. The van der Waals surface area contributed by atoms with Crippen LogP contribution in [0.1, 0.15) is 52.9 Å². The molecule has 32 heavy (non-hydrogen) atoms. The Kier molecular flexibility index (Phi) is 7.08. The van der Waals surface area contributed by atoms with Gasteiger partial charge in [0, 0.05) is 41.8 Å². The number of nitrogens with one attached hydrogen (secondary N) is 1. The van der Waals surface area contributed by atoms with Crippen molar-refractivity contribution in [2.45, 2.75) is 51.7 Å². The lowest BCUT2D eigenvalue weighted by atomic mass is 9.96. The minimum Gasteiger partial charge on any atom is -0.493 e. The number of hydrogen-bond donors (Lipinski definition) is 1. The second kappa shape index (κ2) is 9.82. The second-order valence-electron chi connectivity index (χ2n) is 9.09. The van der Waals surface area contributed by atoms with Gasteiger partial charge in [0.2, 0.25) is 0 Å². The van der Waals surface area contributed by atoms with E-state index in [9.17, 15) is 4.79 Å². The lowest BCUT2D eigenvalue weighted by Gasteiger charge is -2.38. The van der Waals surface area contributed by atoms with Gasteiger partial charge >= 0.3 is 0 Å². The number of benzene rings is 2. The van der Waals surface area contributed by atoms with Crippen LogP contribution in [0.2, 0.25) is 5.02 Å². The van der Waals surface area contributed by atoms with Crippen molar-refractivity contribution in [2.75, 3.05) is 33.3 Å². The zero-order chi connectivity index (χ0) is 22.8. The second-order valence-corrected chi connectivity index (χ2v) is 9.53. The van der Waals surface area contributed by atoms with E-state index in [0.29, 0.717) is 17.1 Å². The van der Waals surface area contributed by atoms with Gasteiger partial charge in [-0.2, -0.15) is 0 Å². The molecule has 3 atom stereocenters. The summed E-state index contributed by atoms with van der Waals surface area (Å²) in [6.45, 7) is 10.0. The summed E-state index contributed by atoms with van der Waals surface area (Å²) < 4.78 is 6.01. The van der Waals surface area contributed by atoms with Gasteiger partial charge in [0.15, 0.2) is 0 Å². The molecule has 1 amide bonds. The number of carbonyl (C=O) groups is 1. The van der Waals surface area contributed by atoms with E-state index in [1.165, 1.54) is 16.7 Å². The first kappa shape index (κ1) is 23.1. The van der Waals surface area contributed by atoms with E-state index in [2.05, 4.69) is 48.0 Å². The van der Waals surface area contributed by atoms with Crippen LogP contribution in [0.4, 0.5) is 0 Å². The Labute approximate surface area is 196 Å². The summed E-state index contributed by atoms with van der Waals surface area (Å²) >= 11 is 5.98. The number of likely N-dealkylation sites (tertiary alicyclic amines) is 2. The van der Waals surface area contributed by atoms with E-state index in [1.807, 2.05) is 19.2 Å². The number of fused-ring (bicyclic) bond motifs is 2. The van der Waals surface area contributed by atoms with E-state index in [-0.39, 0.29) is 11.9 Å². The third-order valence-corrected chi connectivity index (χ3v) is 7.44. The lowest BCUT2D eigenvalue weighted by molar-refractivity contribution is 0.0569. The molecule has 2 aliphatic heterocycles. The Morgan fingerprint density at radius 2 is 1.88 bits per heavy atom. The molecule has 2 bridgehead atoms. The molecular weight excluding hydrogens is 422 g/mol. The first-order chi connectivity index (χ1) is 15.4. The largest absolute Gasteiger partial charge is 0.493 e. The predicted octanol–water partition coefficient (Wildman–Crippen LogP) is 4.61. The SMILES string of the molecule is CNCCCOc1ccc(C(C)N2C[C@@H]3C[C@H]2CN3C(=O)c2ccc(Cl)cc2)c(C)c1C. The maximum absolute atomic E-state index is 13.0. The van der Waals surface area contributed by atoms with Gasteiger partial charge in [-0.05, 0) is 94.2 Å². The van der Waals surface area contributed by atoms with Crippen molar-refractivity contribution in [3.63, 3.8) is 0 Å². The average molecular weight is 456 g/mol. The van der Waals surface area contributed by atoms with Gasteiger partial charge in [0.1, 0.15) is 5.75 Å². The van der Waals surface area contributed by atoms with E-state index < -0.39 is 0 Å². The molecule has 5 nitrogen and oxygen atoms in total. The highest BCUT2D eigenvalue weighted by Gasteiger charge is 2.47. The molecule has 4 rings (SSSR count). The van der Waals surface area contributed by atoms with Crippen LogP contribution in [0.25, 0.3) is 0 Å². The van der Waals surface area contributed by atoms with E-state index >= 15 is 0 Å². The fourth-order valence-electron chi connectivity index (χ4n) is 5.21. The molecule has 172 valence electrons. The van der Waals surface area contributed by atoms with Crippen molar-refractivity contribution in [3.05, 3.63) is 63.7 Å². The number of nitrogens with zero attached hydrogens (tertiary/aromatic N) is 2. The normalized spacial score (nSPS) is 21.2. The monoisotopic (exact) mass is 455 g/mol. The zero-order valence-electron chi connectivity index (χ0n) is 19.5. The first-order valence-corrected chi connectivity index (χ1v) is 12.0. The zero-order valence-corrected chi connectivity index (χ0v) is 20.3. The molecule has 0 saturated carbocycles. The summed E-state index contributed by atoms with van der Waals surface area (Å²) in [6, 6.07) is 12.6. The summed E-state index contributed by atoms with van der Waals surface area (Å²) in [6.07, 6.45) is 2.05. The number of rotatable bonds is 8. The van der Waals surface area contributed by atoms with Crippen molar-refractivity contribution >= 4 is 17.5 Å². The fraction of sp³-hybridized carbons (Fsp3) is 0.500. The molecule has 2 aromatic carbocycles. The minimum atomic E-state index is 0.119. The fourth-order valence-corrected chi connectivity index (χ4v) is 5.34. The Morgan fingerprint density at radius 3 is 2.53 bits per heavy atom. The van der Waals surface area contributed by atoms with Gasteiger partial charge in [-0.25, -0.2) is 0 Å². The highest BCUT2D eigenvalue weighted by atomic mass is 35.5. The third-order valence-electron chi connectivity index (χ3n) is 7.19. The molecule has 2 heterocycles. The van der Waals surface area contributed by atoms with Gasteiger partial charge in [-0.1, -0.05) is 17.7 Å². The standard InChI is InChI=1S/C26H34ClN3O2/c1-17-18(2)25(32-13-5-12-28-4)11-10-24(17)19(3)29-15-23-14-22(29)16-30(23)26(31)20-6-8-21(27)9-7-20/h6-11,19,22-23,28H,5,12-16H2,1-4H3/t19?,22-,23-/m0/s1. The quantitative estimate of drug-likeness (QED) is 0.590. The van der Waals surface area contributed by atoms with E-state index in [4.69, 9.17) is 16.3 Å². The minimum absolute atomic E-state index is 0.119. The first-order valence-electron chi connectivity index (χ1n) is 11.6. The summed E-state index contributed by atoms with van der Waals surface area (Å²) in [4.78, 5) is 17.6. The molecule has 6 heteroatoms. The van der Waals surface area contributed by atoms with Crippen LogP contribution in [0.15, 0.2) is 36.4 Å². The Balaban J connectivity index is 1.41. The van der Waals surface area contributed by atoms with E-state index in [0.717, 1.165) is 50.4 Å². The Bertz CT molecular complexity index is 962. The molecule has 0 aliphatic carbocycles. The van der Waals surface area contributed by atoms with Crippen LogP contribution in [-0.4, -0.2) is 61.1 Å². The number of halogens is 1. The van der Waals surface area contributed by atoms with Crippen LogP contribution in [0, 0.1) is 13.8 Å². The lowest BCUT2D eigenvalue weighted by Crippen LogP contribution is -2.49. The van der Waals surface area contributed by atoms with E-state index in [1.54, 1.807) is 12.1 Å². The average Bonchev–Trinajstić information content (AvgIpc) is 3.40. The molecule has 1 N–H and O–H groups in total. The summed E-state index contributed by atoms with van der Waals surface area (Å²) in [5.74, 6) is 1.10. The highest BCUT2D eigenvalue weighted by molar-refractivity contribution is 6.30. The predicted molar refractivity (Wildman–Crippen MR) is 130 cm³/mol. The van der Waals surface area contributed by atoms with Crippen molar-refractivity contribution < 1.29 is 9.53 Å². The molecular formula is C26H34ClN3O2. The topological polar surface area (TPSA) is 44.8 Å². The summed E-state index contributed by atoms with van der Waals surface area (Å²) in [5.41, 5.74) is 4.61. The van der Waals surface area contributed by atoms with Crippen LogP contribution < -0.4 is 10.1 Å². The number of hydrogen-bond acceptors (Lipinski definition) is 4. The highest BCUT2D eigenvalue weighted by Crippen LogP contribution is 2.39. The number of carbonyl (C=O) groups excluding carboxylic acids is 1. The number of piperazine rings is 1. The molecule has 2 aliphatic rings.